The number of amides is 2. The maximum atomic E-state index is 12.5. The van der Waals surface area contributed by atoms with Crippen LogP contribution in [0.1, 0.15) is 0 Å². The molecule has 1 heterocycles. The largest absolute Gasteiger partial charge is 0.395 e. The average molecular weight is 272 g/mol. The molecule has 1 aliphatic rings. The van der Waals surface area contributed by atoms with Crippen LogP contribution in [0.5, 0.6) is 0 Å². The van der Waals surface area contributed by atoms with Gasteiger partial charge in [0, 0.05) is 5.39 Å². The van der Waals surface area contributed by atoms with Gasteiger partial charge in [0.25, 0.3) is 0 Å². The Morgan fingerprint density at radius 3 is 1.80 bits per heavy atom. The SMILES string of the molecule is O=C1N(CCO)c2cccc3cccc(c23)N1CCO. The molecular formula is C15H16N2O3. The maximum Gasteiger partial charge on any atom is 0.329 e. The highest BCUT2D eigenvalue weighted by molar-refractivity contribution is 6.19. The molecule has 104 valence electrons. The maximum absolute atomic E-state index is 12.5. The third-order valence-electron chi connectivity index (χ3n) is 3.55. The summed E-state index contributed by atoms with van der Waals surface area (Å²) in [5.41, 5.74) is 1.62. The topological polar surface area (TPSA) is 64.0 Å². The minimum Gasteiger partial charge on any atom is -0.395 e. The Hall–Kier alpha value is -2.11. The lowest BCUT2D eigenvalue weighted by atomic mass is 10.0. The molecule has 3 rings (SSSR count). The summed E-state index contributed by atoms with van der Waals surface area (Å²) in [7, 11) is 0. The fourth-order valence-electron chi connectivity index (χ4n) is 2.74. The number of aliphatic hydroxyl groups excluding tert-OH is 2. The van der Waals surface area contributed by atoms with Crippen LogP contribution in [0.15, 0.2) is 36.4 Å². The lowest BCUT2D eigenvalue weighted by Crippen LogP contribution is -2.48. The molecule has 5 nitrogen and oxygen atoms in total. The number of anilines is 2. The van der Waals surface area contributed by atoms with E-state index in [9.17, 15) is 15.0 Å². The first-order valence-corrected chi connectivity index (χ1v) is 6.60. The second-order valence-corrected chi connectivity index (χ2v) is 4.69. The Kier molecular flexibility index (Phi) is 3.30. The van der Waals surface area contributed by atoms with Gasteiger partial charge in [0.2, 0.25) is 0 Å². The van der Waals surface area contributed by atoms with Gasteiger partial charge in [0.1, 0.15) is 0 Å². The number of benzene rings is 2. The Morgan fingerprint density at radius 1 is 0.850 bits per heavy atom. The lowest BCUT2D eigenvalue weighted by Gasteiger charge is -2.36. The molecule has 2 amide bonds. The Morgan fingerprint density at radius 2 is 1.35 bits per heavy atom. The minimum atomic E-state index is -0.209. The van der Waals surface area contributed by atoms with E-state index in [1.54, 1.807) is 9.80 Å². The third-order valence-corrected chi connectivity index (χ3v) is 3.55. The fraction of sp³-hybridized carbons (Fsp3) is 0.267. The Labute approximate surface area is 116 Å². The first kappa shape index (κ1) is 12.9. The van der Waals surface area contributed by atoms with E-state index < -0.39 is 0 Å². The predicted molar refractivity (Wildman–Crippen MR) is 78.2 cm³/mol. The molecule has 0 bridgehead atoms. The summed E-state index contributed by atoms with van der Waals surface area (Å²) < 4.78 is 0. The molecule has 0 aliphatic carbocycles. The normalized spacial score (nSPS) is 14.2. The number of hydrogen-bond donors (Lipinski definition) is 2. The summed E-state index contributed by atoms with van der Waals surface area (Å²) in [6.07, 6.45) is 0. The van der Waals surface area contributed by atoms with Crippen molar-refractivity contribution in [1.82, 2.24) is 0 Å². The van der Waals surface area contributed by atoms with E-state index in [0.717, 1.165) is 22.1 Å². The summed E-state index contributed by atoms with van der Waals surface area (Å²) in [5, 5.41) is 20.4. The van der Waals surface area contributed by atoms with E-state index in [4.69, 9.17) is 0 Å². The molecule has 0 spiro atoms. The number of β-amino-alcohol motifs (C(OH)–C–C–N with tert-alkyl or cyclic N) is 2. The summed E-state index contributed by atoms with van der Waals surface area (Å²) >= 11 is 0. The van der Waals surface area contributed by atoms with Gasteiger partial charge < -0.3 is 10.2 Å². The first-order chi connectivity index (χ1) is 9.77. The summed E-state index contributed by atoms with van der Waals surface area (Å²) in [6, 6.07) is 11.4. The zero-order chi connectivity index (χ0) is 14.1. The van der Waals surface area contributed by atoms with Crippen molar-refractivity contribution >= 4 is 28.2 Å². The molecular weight excluding hydrogens is 256 g/mol. The van der Waals surface area contributed by atoms with Gasteiger partial charge in [0.15, 0.2) is 0 Å². The van der Waals surface area contributed by atoms with Crippen molar-refractivity contribution in [3.05, 3.63) is 36.4 Å². The summed E-state index contributed by atoms with van der Waals surface area (Å²) in [6.45, 7) is 0.289. The molecule has 2 N–H and O–H groups in total. The molecule has 2 aromatic rings. The zero-order valence-electron chi connectivity index (χ0n) is 11.0. The molecule has 5 heteroatoms. The van der Waals surface area contributed by atoms with E-state index in [1.807, 2.05) is 36.4 Å². The van der Waals surface area contributed by atoms with Crippen molar-refractivity contribution in [2.45, 2.75) is 0 Å². The molecule has 1 aliphatic heterocycles. The number of aliphatic hydroxyl groups is 2. The monoisotopic (exact) mass is 272 g/mol. The van der Waals surface area contributed by atoms with Crippen LogP contribution in [0.25, 0.3) is 10.8 Å². The summed E-state index contributed by atoms with van der Waals surface area (Å²) in [4.78, 5) is 15.7. The van der Waals surface area contributed by atoms with Crippen LogP contribution in [0.4, 0.5) is 16.2 Å². The highest BCUT2D eigenvalue weighted by Gasteiger charge is 2.31. The molecule has 0 fully saturated rings. The molecule has 0 unspecified atom stereocenters. The van der Waals surface area contributed by atoms with Gasteiger partial charge in [-0.05, 0) is 17.5 Å². The molecule has 0 saturated heterocycles. The second-order valence-electron chi connectivity index (χ2n) is 4.69. The summed E-state index contributed by atoms with van der Waals surface area (Å²) in [5.74, 6) is 0. The van der Waals surface area contributed by atoms with Crippen LogP contribution in [0.3, 0.4) is 0 Å². The molecule has 0 aromatic heterocycles. The highest BCUT2D eigenvalue weighted by atomic mass is 16.3. The van der Waals surface area contributed by atoms with Gasteiger partial charge in [-0.15, -0.1) is 0 Å². The van der Waals surface area contributed by atoms with Crippen molar-refractivity contribution in [3.63, 3.8) is 0 Å². The molecule has 2 aromatic carbocycles. The Balaban J connectivity index is 2.26. The van der Waals surface area contributed by atoms with Gasteiger partial charge in [-0.2, -0.15) is 0 Å². The number of hydrogen-bond acceptors (Lipinski definition) is 3. The van der Waals surface area contributed by atoms with E-state index in [-0.39, 0.29) is 32.3 Å². The van der Waals surface area contributed by atoms with E-state index in [1.165, 1.54) is 0 Å². The van der Waals surface area contributed by atoms with Crippen molar-refractivity contribution in [3.8, 4) is 0 Å². The number of carbonyl (C=O) groups excluding carboxylic acids is 1. The van der Waals surface area contributed by atoms with Gasteiger partial charge in [-0.1, -0.05) is 24.3 Å². The number of rotatable bonds is 4. The molecule has 20 heavy (non-hydrogen) atoms. The van der Waals surface area contributed by atoms with Crippen molar-refractivity contribution < 1.29 is 15.0 Å². The number of nitrogens with zero attached hydrogens (tertiary/aromatic N) is 2. The highest BCUT2D eigenvalue weighted by Crippen LogP contribution is 2.39. The van der Waals surface area contributed by atoms with Crippen LogP contribution >= 0.6 is 0 Å². The minimum absolute atomic E-state index is 0.0999. The number of carbonyl (C=O) groups is 1. The van der Waals surface area contributed by atoms with Gasteiger partial charge in [-0.25, -0.2) is 4.79 Å². The van der Waals surface area contributed by atoms with Crippen molar-refractivity contribution in [2.75, 3.05) is 36.1 Å². The van der Waals surface area contributed by atoms with E-state index >= 15 is 0 Å². The van der Waals surface area contributed by atoms with Crippen LogP contribution in [-0.4, -0.2) is 42.5 Å². The van der Waals surface area contributed by atoms with Crippen LogP contribution in [0, 0.1) is 0 Å². The Bertz CT molecular complexity index is 606. The average Bonchev–Trinajstić information content (AvgIpc) is 2.48. The first-order valence-electron chi connectivity index (χ1n) is 6.60. The lowest BCUT2D eigenvalue weighted by molar-refractivity contribution is 0.242. The smallest absolute Gasteiger partial charge is 0.329 e. The molecule has 0 saturated carbocycles. The van der Waals surface area contributed by atoms with Crippen LogP contribution in [0.2, 0.25) is 0 Å². The van der Waals surface area contributed by atoms with Crippen molar-refractivity contribution in [1.29, 1.82) is 0 Å². The van der Waals surface area contributed by atoms with Crippen molar-refractivity contribution in [2.24, 2.45) is 0 Å². The predicted octanol–water partition coefficient (Wildman–Crippen LogP) is 1.57. The van der Waals surface area contributed by atoms with Gasteiger partial charge in [0.05, 0.1) is 37.7 Å². The standard InChI is InChI=1S/C15H16N2O3/c18-9-7-16-12-5-1-3-11-4-2-6-13(14(11)12)17(8-10-19)15(16)20/h1-6,18-19H,7-10H2. The van der Waals surface area contributed by atoms with E-state index in [2.05, 4.69) is 0 Å². The third kappa shape index (κ3) is 1.83. The van der Waals surface area contributed by atoms with Gasteiger partial charge in [-0.3, -0.25) is 9.80 Å². The van der Waals surface area contributed by atoms with Gasteiger partial charge >= 0.3 is 6.03 Å². The van der Waals surface area contributed by atoms with Crippen LogP contribution < -0.4 is 9.80 Å². The second kappa shape index (κ2) is 5.11. The fourth-order valence-corrected chi connectivity index (χ4v) is 2.74. The molecule has 0 atom stereocenters. The molecule has 0 radical (unpaired) electrons. The van der Waals surface area contributed by atoms with E-state index in [0.29, 0.717) is 0 Å². The quantitative estimate of drug-likeness (QED) is 0.888. The van der Waals surface area contributed by atoms with Crippen LogP contribution in [-0.2, 0) is 0 Å². The zero-order valence-corrected chi connectivity index (χ0v) is 11.0. The number of urea groups is 1.